The Balaban J connectivity index is 1.38. The van der Waals surface area contributed by atoms with Crippen molar-refractivity contribution >= 4 is 22.4 Å². The number of hydrogen-bond acceptors (Lipinski definition) is 3. The molecule has 1 aliphatic heterocycles. The normalized spacial score (nSPS) is 23.2. The van der Waals surface area contributed by atoms with Crippen molar-refractivity contribution in [1.29, 1.82) is 0 Å². The summed E-state index contributed by atoms with van der Waals surface area (Å²) in [6, 6.07) is 14.2. The van der Waals surface area contributed by atoms with Crippen molar-refractivity contribution in [3.8, 4) is 0 Å². The molecule has 3 aromatic rings. The number of anilines is 1. The molecule has 2 aromatic carbocycles. The van der Waals surface area contributed by atoms with E-state index in [-0.39, 0.29) is 11.2 Å². The van der Waals surface area contributed by atoms with Gasteiger partial charge in [0, 0.05) is 65.0 Å². The summed E-state index contributed by atoms with van der Waals surface area (Å²) in [5, 5.41) is 1.04. The molecular formula is C28H33N3O. The summed E-state index contributed by atoms with van der Waals surface area (Å²) in [4.78, 5) is 22.5. The first-order valence-electron chi connectivity index (χ1n) is 12.2. The van der Waals surface area contributed by atoms with Gasteiger partial charge >= 0.3 is 0 Å². The lowest BCUT2D eigenvalue weighted by atomic mass is 9.71. The molecule has 1 N–H and O–H groups in total. The highest BCUT2D eigenvalue weighted by atomic mass is 16.1. The van der Waals surface area contributed by atoms with E-state index in [0.29, 0.717) is 6.04 Å². The van der Waals surface area contributed by atoms with E-state index in [4.69, 9.17) is 0 Å². The van der Waals surface area contributed by atoms with Crippen LogP contribution in [0, 0.1) is 6.92 Å². The predicted octanol–water partition coefficient (Wildman–Crippen LogP) is 5.41. The van der Waals surface area contributed by atoms with Gasteiger partial charge in [0.05, 0.1) is 5.56 Å². The number of ketones is 1. The van der Waals surface area contributed by atoms with E-state index < -0.39 is 0 Å². The second-order valence-corrected chi connectivity index (χ2v) is 10.7. The third-order valence-electron chi connectivity index (χ3n) is 8.31. The van der Waals surface area contributed by atoms with Crippen LogP contribution < -0.4 is 4.90 Å². The fourth-order valence-corrected chi connectivity index (χ4v) is 6.16. The Hall–Kier alpha value is -2.59. The molecule has 0 spiro atoms. The summed E-state index contributed by atoms with van der Waals surface area (Å²) < 4.78 is 0. The number of fused-ring (bicyclic) bond motifs is 4. The first-order valence-corrected chi connectivity index (χ1v) is 12.2. The van der Waals surface area contributed by atoms with Gasteiger partial charge in [-0.1, -0.05) is 32.4 Å². The van der Waals surface area contributed by atoms with Crippen LogP contribution in [0.3, 0.4) is 0 Å². The standard InChI is InChI=1S/C28H33N3O/c1-17-8-10-22-24(14-17)29-27-25(22)26(32)21-11-9-20(15-23(21)28(27,3)4)31-13-12-30(16-18(31)2)19-6-5-7-19/h8-11,14-15,18-19,29H,5-7,12-13,16H2,1-4H3/t18-/m0/s1. The zero-order chi connectivity index (χ0) is 22.2. The van der Waals surface area contributed by atoms with Gasteiger partial charge in [0.1, 0.15) is 0 Å². The number of aromatic nitrogens is 1. The van der Waals surface area contributed by atoms with Crippen molar-refractivity contribution in [2.24, 2.45) is 0 Å². The summed E-state index contributed by atoms with van der Waals surface area (Å²) in [5.41, 5.74) is 7.17. The van der Waals surface area contributed by atoms with Gasteiger partial charge in [-0.05, 0) is 62.1 Å². The Morgan fingerprint density at radius 1 is 1.06 bits per heavy atom. The van der Waals surface area contributed by atoms with Crippen molar-refractivity contribution in [2.75, 3.05) is 24.5 Å². The highest BCUT2D eigenvalue weighted by Gasteiger charge is 2.40. The van der Waals surface area contributed by atoms with Crippen LogP contribution in [-0.2, 0) is 5.41 Å². The monoisotopic (exact) mass is 427 g/mol. The molecule has 32 heavy (non-hydrogen) atoms. The summed E-state index contributed by atoms with van der Waals surface area (Å²) in [5.74, 6) is 0.152. The van der Waals surface area contributed by atoms with Crippen molar-refractivity contribution in [2.45, 2.75) is 64.5 Å². The van der Waals surface area contributed by atoms with E-state index in [2.05, 4.69) is 78.9 Å². The van der Waals surface area contributed by atoms with E-state index in [9.17, 15) is 4.79 Å². The third kappa shape index (κ3) is 2.82. The van der Waals surface area contributed by atoms with Crippen molar-refractivity contribution < 1.29 is 4.79 Å². The molecule has 2 fully saturated rings. The fourth-order valence-electron chi connectivity index (χ4n) is 6.16. The quantitative estimate of drug-likeness (QED) is 0.594. The molecule has 166 valence electrons. The number of aromatic amines is 1. The molecule has 3 aliphatic rings. The molecule has 0 radical (unpaired) electrons. The lowest BCUT2D eigenvalue weighted by Crippen LogP contribution is -2.56. The van der Waals surface area contributed by atoms with Crippen LogP contribution in [0.4, 0.5) is 5.69 Å². The number of carbonyl (C=O) groups excluding carboxylic acids is 1. The van der Waals surface area contributed by atoms with Gasteiger partial charge in [-0.3, -0.25) is 9.69 Å². The number of piperazine rings is 1. The summed E-state index contributed by atoms with van der Waals surface area (Å²) >= 11 is 0. The van der Waals surface area contributed by atoms with E-state index in [0.717, 1.165) is 59.0 Å². The number of nitrogens with zero attached hydrogens (tertiary/aromatic N) is 2. The Labute approximate surface area is 190 Å². The van der Waals surface area contributed by atoms with Gasteiger partial charge in [0.25, 0.3) is 0 Å². The Morgan fingerprint density at radius 2 is 1.88 bits per heavy atom. The molecule has 1 atom stereocenters. The smallest absolute Gasteiger partial charge is 0.195 e. The lowest BCUT2D eigenvalue weighted by Gasteiger charge is -2.47. The zero-order valence-corrected chi connectivity index (χ0v) is 19.7. The Morgan fingerprint density at radius 3 is 2.59 bits per heavy atom. The molecule has 4 heteroatoms. The second-order valence-electron chi connectivity index (χ2n) is 10.7. The average molecular weight is 428 g/mol. The minimum atomic E-state index is -0.251. The van der Waals surface area contributed by atoms with Crippen molar-refractivity contribution in [3.63, 3.8) is 0 Å². The number of hydrogen-bond donors (Lipinski definition) is 1. The summed E-state index contributed by atoms with van der Waals surface area (Å²) in [7, 11) is 0. The van der Waals surface area contributed by atoms with Crippen LogP contribution in [0.1, 0.15) is 72.8 Å². The number of nitrogens with one attached hydrogen (secondary N) is 1. The average Bonchev–Trinajstić information content (AvgIpc) is 3.11. The van der Waals surface area contributed by atoms with Gasteiger partial charge in [-0.15, -0.1) is 0 Å². The Bertz CT molecular complexity index is 1230. The summed E-state index contributed by atoms with van der Waals surface area (Å²) in [6.07, 6.45) is 4.13. The number of H-pyrrole nitrogens is 1. The third-order valence-corrected chi connectivity index (χ3v) is 8.31. The largest absolute Gasteiger partial charge is 0.366 e. The highest BCUT2D eigenvalue weighted by molar-refractivity contribution is 6.20. The van der Waals surface area contributed by atoms with Crippen LogP contribution in [0.15, 0.2) is 36.4 Å². The minimum absolute atomic E-state index is 0.152. The van der Waals surface area contributed by atoms with Gasteiger partial charge < -0.3 is 9.88 Å². The first-order chi connectivity index (χ1) is 15.3. The van der Waals surface area contributed by atoms with E-state index in [1.165, 1.54) is 30.5 Å². The molecule has 0 unspecified atom stereocenters. The van der Waals surface area contributed by atoms with Crippen LogP contribution in [0.25, 0.3) is 10.9 Å². The number of carbonyl (C=O) groups is 1. The van der Waals surface area contributed by atoms with Gasteiger partial charge in [-0.25, -0.2) is 0 Å². The SMILES string of the molecule is Cc1ccc2c3c([nH]c2c1)C(C)(C)c1cc(N2CCN(C4CCC4)C[C@@H]2C)ccc1C3=O. The second kappa shape index (κ2) is 6.95. The molecule has 0 bridgehead atoms. The minimum Gasteiger partial charge on any atom is -0.366 e. The van der Waals surface area contributed by atoms with Gasteiger partial charge in [-0.2, -0.15) is 0 Å². The molecule has 6 rings (SSSR count). The van der Waals surface area contributed by atoms with Crippen LogP contribution in [-0.4, -0.2) is 47.4 Å². The molecule has 2 aliphatic carbocycles. The Kier molecular flexibility index (Phi) is 4.36. The maximum Gasteiger partial charge on any atom is 0.195 e. The van der Waals surface area contributed by atoms with Crippen LogP contribution >= 0.6 is 0 Å². The lowest BCUT2D eigenvalue weighted by molar-refractivity contribution is 0.103. The maximum absolute atomic E-state index is 13.6. The molecular weight excluding hydrogens is 394 g/mol. The van der Waals surface area contributed by atoms with E-state index in [1.54, 1.807) is 0 Å². The maximum atomic E-state index is 13.6. The topological polar surface area (TPSA) is 39.3 Å². The van der Waals surface area contributed by atoms with Gasteiger partial charge in [0.2, 0.25) is 0 Å². The molecule has 1 aromatic heterocycles. The van der Waals surface area contributed by atoms with Crippen molar-refractivity contribution in [1.82, 2.24) is 9.88 Å². The zero-order valence-electron chi connectivity index (χ0n) is 19.7. The van der Waals surface area contributed by atoms with Gasteiger partial charge in [0.15, 0.2) is 5.78 Å². The molecule has 0 amide bonds. The number of rotatable bonds is 2. The number of benzene rings is 2. The fraction of sp³-hybridized carbons (Fsp3) is 0.464. The van der Waals surface area contributed by atoms with E-state index >= 15 is 0 Å². The van der Waals surface area contributed by atoms with Crippen molar-refractivity contribution in [3.05, 3.63) is 64.3 Å². The van der Waals surface area contributed by atoms with Crippen LogP contribution in [0.2, 0.25) is 0 Å². The molecule has 4 nitrogen and oxygen atoms in total. The number of aryl methyl sites for hydroxylation is 1. The first kappa shape index (κ1) is 20.0. The molecule has 1 saturated heterocycles. The van der Waals surface area contributed by atoms with E-state index in [1.807, 2.05) is 0 Å². The molecule has 1 saturated carbocycles. The van der Waals surface area contributed by atoms with Crippen LogP contribution in [0.5, 0.6) is 0 Å². The molecule has 2 heterocycles. The predicted molar refractivity (Wildman–Crippen MR) is 131 cm³/mol. The summed E-state index contributed by atoms with van der Waals surface area (Å²) in [6.45, 7) is 12.3. The highest BCUT2D eigenvalue weighted by Crippen LogP contribution is 2.45.